The Balaban J connectivity index is 1.73. The van der Waals surface area contributed by atoms with E-state index in [2.05, 4.69) is 61.6 Å². The Kier molecular flexibility index (Phi) is 8.35. The molecule has 0 bridgehead atoms. The fraction of sp³-hybridized carbons (Fsp3) is 0.583. The van der Waals surface area contributed by atoms with Gasteiger partial charge >= 0.3 is 0 Å². The Morgan fingerprint density at radius 3 is 2.77 bits per heavy atom. The molecule has 3 rings (SSSR count). The second-order valence-electron chi connectivity index (χ2n) is 7.97. The Bertz CT molecular complexity index is 884. The zero-order valence-corrected chi connectivity index (χ0v) is 19.6. The molecule has 1 saturated heterocycles. The van der Waals surface area contributed by atoms with Crippen LogP contribution < -0.4 is 15.4 Å². The molecule has 0 saturated carbocycles. The quantitative estimate of drug-likeness (QED) is 0.475. The smallest absolute Gasteiger partial charge is 0.191 e. The zero-order valence-electron chi connectivity index (χ0n) is 19.6. The number of ether oxygens (including phenoxy) is 2. The first kappa shape index (κ1) is 23.1. The van der Waals surface area contributed by atoms with E-state index in [0.29, 0.717) is 19.7 Å². The van der Waals surface area contributed by atoms with Gasteiger partial charge in [-0.1, -0.05) is 26.0 Å². The molecular weight excluding hydrogens is 390 g/mol. The Labute approximate surface area is 186 Å². The predicted octanol–water partition coefficient (Wildman–Crippen LogP) is 3.28. The molecule has 1 unspecified atom stereocenters. The van der Waals surface area contributed by atoms with Crippen LogP contribution in [0.4, 0.5) is 0 Å². The summed E-state index contributed by atoms with van der Waals surface area (Å²) in [6, 6.07) is 6.32. The van der Waals surface area contributed by atoms with Crippen LogP contribution in [0.15, 0.2) is 23.2 Å². The number of nitrogens with one attached hydrogen (secondary N) is 2. The molecule has 7 nitrogen and oxygen atoms in total. The summed E-state index contributed by atoms with van der Waals surface area (Å²) in [6.45, 7) is 12.0. The number of rotatable bonds is 9. The van der Waals surface area contributed by atoms with Crippen molar-refractivity contribution in [3.8, 4) is 5.75 Å². The molecule has 2 heterocycles. The van der Waals surface area contributed by atoms with Crippen LogP contribution in [0, 0.1) is 6.92 Å². The summed E-state index contributed by atoms with van der Waals surface area (Å²) in [5.74, 6) is 1.70. The van der Waals surface area contributed by atoms with Crippen molar-refractivity contribution in [2.45, 2.75) is 66.2 Å². The summed E-state index contributed by atoms with van der Waals surface area (Å²) in [7, 11) is 2.02. The molecule has 1 fully saturated rings. The second kappa shape index (κ2) is 11.2. The molecular formula is C24H37N5O2. The van der Waals surface area contributed by atoms with Crippen LogP contribution in [0.3, 0.4) is 0 Å². The molecule has 0 amide bonds. The number of aryl methyl sites for hydroxylation is 3. The van der Waals surface area contributed by atoms with Crippen LogP contribution in [0.2, 0.25) is 0 Å². The first-order chi connectivity index (χ1) is 15.0. The highest BCUT2D eigenvalue weighted by molar-refractivity contribution is 5.79. The Morgan fingerprint density at radius 2 is 2.10 bits per heavy atom. The summed E-state index contributed by atoms with van der Waals surface area (Å²) in [5.41, 5.74) is 5.96. The summed E-state index contributed by atoms with van der Waals surface area (Å²) in [4.78, 5) is 4.84. The number of nitrogens with zero attached hydrogens (tertiary/aromatic N) is 3. The SMILES string of the molecule is CCNC(=NCc1ccc(C)cc1OC1CCOC1)NCc1c(CC)nn(C)c1CC. The van der Waals surface area contributed by atoms with Crippen LogP contribution >= 0.6 is 0 Å². The molecule has 2 aromatic rings. The highest BCUT2D eigenvalue weighted by Crippen LogP contribution is 2.24. The minimum absolute atomic E-state index is 0.126. The summed E-state index contributed by atoms with van der Waals surface area (Å²) in [5, 5.41) is 11.5. The number of benzene rings is 1. The average molecular weight is 428 g/mol. The molecule has 7 heteroatoms. The van der Waals surface area contributed by atoms with Gasteiger partial charge in [-0.2, -0.15) is 5.10 Å². The predicted molar refractivity (Wildman–Crippen MR) is 125 cm³/mol. The Hall–Kier alpha value is -2.54. The van der Waals surface area contributed by atoms with Gasteiger partial charge in [0.15, 0.2) is 5.96 Å². The lowest BCUT2D eigenvalue weighted by Crippen LogP contribution is -2.37. The molecule has 1 aromatic carbocycles. The lowest BCUT2D eigenvalue weighted by Gasteiger charge is -2.16. The third kappa shape index (κ3) is 6.00. The highest BCUT2D eigenvalue weighted by Gasteiger charge is 2.19. The molecule has 0 radical (unpaired) electrons. The molecule has 1 aliphatic rings. The maximum absolute atomic E-state index is 6.23. The largest absolute Gasteiger partial charge is 0.488 e. The monoisotopic (exact) mass is 427 g/mol. The Morgan fingerprint density at radius 1 is 1.26 bits per heavy atom. The molecule has 1 aromatic heterocycles. The van der Waals surface area contributed by atoms with E-state index in [1.165, 1.54) is 16.8 Å². The molecule has 1 aliphatic heterocycles. The summed E-state index contributed by atoms with van der Waals surface area (Å²) >= 11 is 0. The van der Waals surface area contributed by atoms with Crippen molar-refractivity contribution in [2.24, 2.45) is 12.0 Å². The number of hydrogen-bond acceptors (Lipinski definition) is 4. The van der Waals surface area contributed by atoms with Gasteiger partial charge in [0.05, 0.1) is 25.5 Å². The van der Waals surface area contributed by atoms with Crippen molar-refractivity contribution in [1.29, 1.82) is 0 Å². The van der Waals surface area contributed by atoms with Crippen LogP contribution in [-0.4, -0.2) is 41.6 Å². The van der Waals surface area contributed by atoms with Crippen molar-refractivity contribution < 1.29 is 9.47 Å². The maximum atomic E-state index is 6.23. The van der Waals surface area contributed by atoms with E-state index in [0.717, 1.165) is 55.4 Å². The molecule has 1 atom stereocenters. The van der Waals surface area contributed by atoms with E-state index in [1.807, 2.05) is 11.7 Å². The number of aromatic nitrogens is 2. The zero-order chi connectivity index (χ0) is 22.2. The van der Waals surface area contributed by atoms with Crippen LogP contribution in [-0.2, 0) is 37.7 Å². The molecule has 2 N–H and O–H groups in total. The minimum atomic E-state index is 0.126. The standard InChI is InChI=1S/C24H37N5O2/c1-6-21-20(22(7-2)29(5)28-21)15-27-24(25-8-3)26-14-18-10-9-17(4)13-23(18)31-19-11-12-30-16-19/h9-10,13,19H,6-8,11-12,14-16H2,1-5H3,(H2,25,26,27). The van der Waals surface area contributed by atoms with Gasteiger partial charge < -0.3 is 20.1 Å². The van der Waals surface area contributed by atoms with Gasteiger partial charge in [-0.05, 0) is 38.3 Å². The van der Waals surface area contributed by atoms with Crippen molar-refractivity contribution in [3.05, 3.63) is 46.3 Å². The molecule has 31 heavy (non-hydrogen) atoms. The van der Waals surface area contributed by atoms with Gasteiger partial charge in [-0.25, -0.2) is 4.99 Å². The van der Waals surface area contributed by atoms with Crippen LogP contribution in [0.25, 0.3) is 0 Å². The first-order valence-corrected chi connectivity index (χ1v) is 11.4. The molecule has 170 valence electrons. The lowest BCUT2D eigenvalue weighted by atomic mass is 10.1. The van der Waals surface area contributed by atoms with Crippen LogP contribution in [0.5, 0.6) is 5.75 Å². The number of aliphatic imine (C=N–C) groups is 1. The summed E-state index contributed by atoms with van der Waals surface area (Å²) < 4.78 is 13.7. The molecule has 0 aliphatic carbocycles. The second-order valence-corrected chi connectivity index (χ2v) is 7.97. The normalized spacial score (nSPS) is 16.5. The fourth-order valence-electron chi connectivity index (χ4n) is 3.96. The van der Waals surface area contributed by atoms with E-state index in [9.17, 15) is 0 Å². The topological polar surface area (TPSA) is 72.7 Å². The van der Waals surface area contributed by atoms with E-state index >= 15 is 0 Å². The number of hydrogen-bond donors (Lipinski definition) is 2. The average Bonchev–Trinajstić information content (AvgIpc) is 3.38. The minimum Gasteiger partial charge on any atom is -0.488 e. The van der Waals surface area contributed by atoms with Gasteiger partial charge in [0.25, 0.3) is 0 Å². The van der Waals surface area contributed by atoms with Crippen LogP contribution in [0.1, 0.15) is 55.3 Å². The molecule has 0 spiro atoms. The first-order valence-electron chi connectivity index (χ1n) is 11.4. The summed E-state index contributed by atoms with van der Waals surface area (Å²) in [6.07, 6.45) is 2.95. The third-order valence-corrected chi connectivity index (χ3v) is 5.62. The number of guanidine groups is 1. The van der Waals surface area contributed by atoms with Gasteiger partial charge in [-0.3, -0.25) is 4.68 Å². The lowest BCUT2D eigenvalue weighted by molar-refractivity contribution is 0.140. The van der Waals surface area contributed by atoms with Gasteiger partial charge in [0.2, 0.25) is 0 Å². The van der Waals surface area contributed by atoms with Crippen molar-refractivity contribution >= 4 is 5.96 Å². The van der Waals surface area contributed by atoms with Gasteiger partial charge in [0, 0.05) is 43.4 Å². The fourth-order valence-corrected chi connectivity index (χ4v) is 3.96. The highest BCUT2D eigenvalue weighted by atomic mass is 16.5. The van der Waals surface area contributed by atoms with Crippen molar-refractivity contribution in [1.82, 2.24) is 20.4 Å². The van der Waals surface area contributed by atoms with E-state index in [-0.39, 0.29) is 6.10 Å². The van der Waals surface area contributed by atoms with E-state index < -0.39 is 0 Å². The maximum Gasteiger partial charge on any atom is 0.191 e. The van der Waals surface area contributed by atoms with Crippen molar-refractivity contribution in [2.75, 3.05) is 19.8 Å². The van der Waals surface area contributed by atoms with Gasteiger partial charge in [0.1, 0.15) is 11.9 Å². The van der Waals surface area contributed by atoms with Crippen molar-refractivity contribution in [3.63, 3.8) is 0 Å². The van der Waals surface area contributed by atoms with Gasteiger partial charge in [-0.15, -0.1) is 0 Å². The van der Waals surface area contributed by atoms with E-state index in [4.69, 9.17) is 14.5 Å². The van der Waals surface area contributed by atoms with E-state index in [1.54, 1.807) is 0 Å². The third-order valence-electron chi connectivity index (χ3n) is 5.62.